The van der Waals surface area contributed by atoms with Gasteiger partial charge in [0.25, 0.3) is 0 Å². The van der Waals surface area contributed by atoms with E-state index in [0.29, 0.717) is 23.2 Å². The molecule has 0 saturated heterocycles. The summed E-state index contributed by atoms with van der Waals surface area (Å²) in [6, 6.07) is 1.88. The first kappa shape index (κ1) is 14.0. The molecule has 0 amide bonds. The van der Waals surface area contributed by atoms with Crippen molar-refractivity contribution in [3.63, 3.8) is 0 Å². The maximum Gasteiger partial charge on any atom is 0.349 e. The zero-order valence-electron chi connectivity index (χ0n) is 10.7. The monoisotopic (exact) mass is 256 g/mol. The van der Waals surface area contributed by atoms with Gasteiger partial charge in [0.2, 0.25) is 0 Å². The first-order valence-electron chi connectivity index (χ1n) is 6.07. The van der Waals surface area contributed by atoms with Crippen LogP contribution in [-0.2, 0) is 6.42 Å². The molecule has 0 spiro atoms. The molecule has 0 fully saturated rings. The van der Waals surface area contributed by atoms with Gasteiger partial charge < -0.3 is 9.84 Å². The molecule has 1 unspecified atom stereocenters. The molecule has 0 aliphatic rings. The van der Waals surface area contributed by atoms with Crippen LogP contribution in [0.25, 0.3) is 0 Å². The van der Waals surface area contributed by atoms with Gasteiger partial charge in [-0.3, -0.25) is 0 Å². The molecule has 0 aliphatic heterocycles. The second-order valence-electron chi connectivity index (χ2n) is 4.29. The van der Waals surface area contributed by atoms with Crippen molar-refractivity contribution in [2.75, 3.05) is 6.61 Å². The lowest BCUT2D eigenvalue weighted by atomic mass is 10.1. The highest BCUT2D eigenvalue weighted by atomic mass is 32.1. The number of carboxylic acids is 1. The second-order valence-corrected chi connectivity index (χ2v) is 5.42. The van der Waals surface area contributed by atoms with Crippen LogP contribution in [0.2, 0.25) is 0 Å². The third kappa shape index (κ3) is 4.04. The Balaban J connectivity index is 2.77. The standard InChI is InChI=1S/C13H20O3S/c1-4-6-10-7-11(12(17-10)13(14)15)16-8-9(3)5-2/h7,9H,4-6,8H2,1-3H3,(H,14,15). The van der Waals surface area contributed by atoms with Crippen molar-refractivity contribution in [3.8, 4) is 5.75 Å². The Morgan fingerprint density at radius 2 is 2.24 bits per heavy atom. The van der Waals surface area contributed by atoms with Crippen LogP contribution in [0.5, 0.6) is 5.75 Å². The zero-order valence-corrected chi connectivity index (χ0v) is 11.5. The summed E-state index contributed by atoms with van der Waals surface area (Å²) in [7, 11) is 0. The van der Waals surface area contributed by atoms with Crippen LogP contribution in [-0.4, -0.2) is 17.7 Å². The van der Waals surface area contributed by atoms with Gasteiger partial charge in [-0.25, -0.2) is 4.79 Å². The molecular weight excluding hydrogens is 236 g/mol. The van der Waals surface area contributed by atoms with E-state index >= 15 is 0 Å². The van der Waals surface area contributed by atoms with E-state index in [9.17, 15) is 4.79 Å². The lowest BCUT2D eigenvalue weighted by Crippen LogP contribution is -2.08. The normalized spacial score (nSPS) is 12.4. The molecule has 4 heteroatoms. The Kier molecular flexibility index (Phi) is 5.48. The number of thiophene rings is 1. The summed E-state index contributed by atoms with van der Waals surface area (Å²) in [5.41, 5.74) is 0. The third-order valence-corrected chi connectivity index (χ3v) is 3.82. The van der Waals surface area contributed by atoms with E-state index in [4.69, 9.17) is 9.84 Å². The number of carbonyl (C=O) groups is 1. The van der Waals surface area contributed by atoms with E-state index in [2.05, 4.69) is 20.8 Å². The second kappa shape index (κ2) is 6.64. The van der Waals surface area contributed by atoms with Crippen LogP contribution in [0.15, 0.2) is 6.07 Å². The van der Waals surface area contributed by atoms with Gasteiger partial charge in [0, 0.05) is 4.88 Å². The van der Waals surface area contributed by atoms with Gasteiger partial charge in [-0.1, -0.05) is 33.6 Å². The van der Waals surface area contributed by atoms with Gasteiger partial charge in [-0.15, -0.1) is 11.3 Å². The summed E-state index contributed by atoms with van der Waals surface area (Å²) >= 11 is 1.33. The fourth-order valence-corrected chi connectivity index (χ4v) is 2.44. The summed E-state index contributed by atoms with van der Waals surface area (Å²) < 4.78 is 5.61. The minimum atomic E-state index is -0.892. The average molecular weight is 256 g/mol. The number of carboxylic acid groups (broad SMARTS) is 1. The number of aromatic carboxylic acids is 1. The molecule has 1 rings (SSSR count). The number of rotatable bonds is 7. The Bertz CT molecular complexity index is 371. The van der Waals surface area contributed by atoms with Crippen molar-refractivity contribution in [3.05, 3.63) is 15.8 Å². The first-order chi connectivity index (χ1) is 8.08. The summed E-state index contributed by atoms with van der Waals surface area (Å²) in [5.74, 6) is 0.0916. The van der Waals surface area contributed by atoms with Crippen molar-refractivity contribution in [2.24, 2.45) is 5.92 Å². The highest BCUT2D eigenvalue weighted by Gasteiger charge is 2.17. The smallest absolute Gasteiger partial charge is 0.349 e. The first-order valence-corrected chi connectivity index (χ1v) is 6.88. The topological polar surface area (TPSA) is 46.5 Å². The van der Waals surface area contributed by atoms with Crippen molar-refractivity contribution < 1.29 is 14.6 Å². The third-order valence-electron chi connectivity index (χ3n) is 2.66. The van der Waals surface area contributed by atoms with Crippen molar-refractivity contribution in [2.45, 2.75) is 40.0 Å². The minimum Gasteiger partial charge on any atom is -0.492 e. The fraction of sp³-hybridized carbons (Fsp3) is 0.615. The molecule has 1 N–H and O–H groups in total. The number of aryl methyl sites for hydroxylation is 1. The van der Waals surface area contributed by atoms with E-state index in [1.165, 1.54) is 11.3 Å². The Morgan fingerprint density at radius 3 is 2.76 bits per heavy atom. The maximum atomic E-state index is 11.1. The van der Waals surface area contributed by atoms with E-state index in [-0.39, 0.29) is 0 Å². The van der Waals surface area contributed by atoms with Gasteiger partial charge in [0.05, 0.1) is 6.61 Å². The summed E-state index contributed by atoms with van der Waals surface area (Å²) in [4.78, 5) is 12.5. The molecule has 3 nitrogen and oxygen atoms in total. The van der Waals surface area contributed by atoms with Crippen LogP contribution in [0, 0.1) is 5.92 Å². The van der Waals surface area contributed by atoms with Gasteiger partial charge >= 0.3 is 5.97 Å². The molecule has 0 bridgehead atoms. The number of hydrogen-bond donors (Lipinski definition) is 1. The quantitative estimate of drug-likeness (QED) is 0.806. The van der Waals surface area contributed by atoms with Gasteiger partial charge in [-0.05, 0) is 18.4 Å². The predicted molar refractivity (Wildman–Crippen MR) is 70.2 cm³/mol. The zero-order chi connectivity index (χ0) is 12.8. The molecule has 0 aromatic carbocycles. The van der Waals surface area contributed by atoms with Crippen LogP contribution in [0.3, 0.4) is 0 Å². The largest absolute Gasteiger partial charge is 0.492 e. The van der Waals surface area contributed by atoms with Crippen LogP contribution >= 0.6 is 11.3 Å². The van der Waals surface area contributed by atoms with E-state index in [1.54, 1.807) is 0 Å². The Hall–Kier alpha value is -1.03. The molecule has 1 atom stereocenters. The fourth-order valence-electron chi connectivity index (χ4n) is 1.40. The Morgan fingerprint density at radius 1 is 1.53 bits per heavy atom. The molecule has 96 valence electrons. The summed E-state index contributed by atoms with van der Waals surface area (Å²) in [6.07, 6.45) is 2.97. The highest BCUT2D eigenvalue weighted by molar-refractivity contribution is 7.14. The SMILES string of the molecule is CCCc1cc(OCC(C)CC)c(C(=O)O)s1. The highest BCUT2D eigenvalue weighted by Crippen LogP contribution is 2.30. The van der Waals surface area contributed by atoms with Crippen molar-refractivity contribution in [1.82, 2.24) is 0 Å². The number of ether oxygens (including phenoxy) is 1. The van der Waals surface area contributed by atoms with E-state index in [1.807, 2.05) is 6.07 Å². The Labute approximate surface area is 106 Å². The van der Waals surface area contributed by atoms with Crippen LogP contribution in [0.4, 0.5) is 0 Å². The summed E-state index contributed by atoms with van der Waals surface area (Å²) in [5, 5.41) is 9.10. The van der Waals surface area contributed by atoms with Gasteiger partial charge in [0.15, 0.2) is 4.88 Å². The van der Waals surface area contributed by atoms with Crippen molar-refractivity contribution >= 4 is 17.3 Å². The van der Waals surface area contributed by atoms with Crippen molar-refractivity contribution in [1.29, 1.82) is 0 Å². The average Bonchev–Trinajstić information content (AvgIpc) is 2.69. The van der Waals surface area contributed by atoms with Gasteiger partial charge in [-0.2, -0.15) is 0 Å². The van der Waals surface area contributed by atoms with Crippen LogP contribution in [0.1, 0.15) is 48.2 Å². The van der Waals surface area contributed by atoms with E-state index in [0.717, 1.165) is 24.1 Å². The lowest BCUT2D eigenvalue weighted by molar-refractivity contribution is 0.0697. The predicted octanol–water partition coefficient (Wildman–Crippen LogP) is 3.82. The molecule has 0 radical (unpaired) electrons. The summed E-state index contributed by atoms with van der Waals surface area (Å²) in [6.45, 7) is 6.86. The molecular formula is C13H20O3S. The molecule has 0 saturated carbocycles. The minimum absolute atomic E-state index is 0.330. The molecule has 1 heterocycles. The molecule has 1 aromatic rings. The molecule has 1 aromatic heterocycles. The van der Waals surface area contributed by atoms with Gasteiger partial charge in [0.1, 0.15) is 5.75 Å². The lowest BCUT2D eigenvalue weighted by Gasteiger charge is -2.10. The molecule has 0 aliphatic carbocycles. The number of hydrogen-bond acceptors (Lipinski definition) is 3. The van der Waals surface area contributed by atoms with Crippen LogP contribution < -0.4 is 4.74 Å². The molecule has 17 heavy (non-hydrogen) atoms. The van der Waals surface area contributed by atoms with E-state index < -0.39 is 5.97 Å². The maximum absolute atomic E-state index is 11.1.